The number of hydrogen-bond donors (Lipinski definition) is 2. The maximum atomic E-state index is 12.7. The van der Waals surface area contributed by atoms with Crippen molar-refractivity contribution in [2.24, 2.45) is 0 Å². The first-order chi connectivity index (χ1) is 14.4. The minimum atomic E-state index is -3.78. The molecule has 0 aliphatic carbocycles. The second-order valence-electron chi connectivity index (χ2n) is 6.54. The summed E-state index contributed by atoms with van der Waals surface area (Å²) in [4.78, 5) is 0.283. The highest BCUT2D eigenvalue weighted by Gasteiger charge is 2.18. The average Bonchev–Trinajstić information content (AvgIpc) is 2.76. The van der Waals surface area contributed by atoms with Crippen LogP contribution in [0.1, 0.15) is 0 Å². The first-order valence-electron chi connectivity index (χ1n) is 9.04. The molecule has 8 heteroatoms. The van der Waals surface area contributed by atoms with Gasteiger partial charge in [0.25, 0.3) is 20.0 Å². The molecular formula is C22H18N2O4S2. The van der Waals surface area contributed by atoms with Crippen LogP contribution < -0.4 is 9.44 Å². The summed E-state index contributed by atoms with van der Waals surface area (Å²) in [7, 11) is -7.57. The van der Waals surface area contributed by atoms with Crippen LogP contribution in [0.4, 0.5) is 11.4 Å². The minimum Gasteiger partial charge on any atom is -0.279 e. The van der Waals surface area contributed by atoms with Gasteiger partial charge in [-0.05, 0) is 36.4 Å². The van der Waals surface area contributed by atoms with Crippen LogP contribution in [-0.2, 0) is 20.0 Å². The Labute approximate surface area is 175 Å². The van der Waals surface area contributed by atoms with Crippen LogP contribution in [0.3, 0.4) is 0 Å². The minimum absolute atomic E-state index is 0.142. The highest BCUT2D eigenvalue weighted by Crippen LogP contribution is 2.32. The largest absolute Gasteiger partial charge is 0.279 e. The Bertz CT molecular complexity index is 1290. The fourth-order valence-electron chi connectivity index (χ4n) is 3.08. The van der Waals surface area contributed by atoms with Crippen LogP contribution in [0.15, 0.2) is 107 Å². The fraction of sp³-hybridized carbons (Fsp3) is 0. The molecule has 4 rings (SSSR count). The molecule has 0 aliphatic rings. The van der Waals surface area contributed by atoms with E-state index < -0.39 is 20.0 Å². The molecule has 0 bridgehead atoms. The summed E-state index contributed by atoms with van der Waals surface area (Å²) in [6.07, 6.45) is 0. The third-order valence-corrected chi connectivity index (χ3v) is 7.28. The first kappa shape index (κ1) is 19.9. The van der Waals surface area contributed by atoms with Gasteiger partial charge in [0.05, 0.1) is 21.2 Å². The lowest BCUT2D eigenvalue weighted by Gasteiger charge is -2.15. The van der Waals surface area contributed by atoms with Crippen molar-refractivity contribution in [2.45, 2.75) is 9.79 Å². The van der Waals surface area contributed by atoms with E-state index in [1.165, 1.54) is 24.3 Å². The van der Waals surface area contributed by atoms with Crippen LogP contribution in [0.2, 0.25) is 0 Å². The van der Waals surface area contributed by atoms with Crippen LogP contribution in [0.5, 0.6) is 0 Å². The van der Waals surface area contributed by atoms with E-state index in [2.05, 4.69) is 9.44 Å². The second kappa shape index (κ2) is 7.81. The van der Waals surface area contributed by atoms with E-state index in [4.69, 9.17) is 0 Å². The normalized spacial score (nSPS) is 11.9. The predicted molar refractivity (Wildman–Crippen MR) is 118 cm³/mol. The van der Waals surface area contributed by atoms with Crippen LogP contribution in [0.25, 0.3) is 10.8 Å². The van der Waals surface area contributed by atoms with Gasteiger partial charge in [0.15, 0.2) is 0 Å². The number of nitrogens with one attached hydrogen (secondary N) is 2. The standard InChI is InChI=1S/C22H18N2O4S2/c25-29(26,17-9-3-1-4-10-17)23-21-15-16-22(20-14-8-7-13-19(20)21)24-30(27,28)18-11-5-2-6-12-18/h1-16,23-24H. The molecule has 0 aromatic heterocycles. The zero-order chi connectivity index (χ0) is 21.2. The van der Waals surface area contributed by atoms with Gasteiger partial charge in [-0.1, -0.05) is 60.7 Å². The van der Waals surface area contributed by atoms with Gasteiger partial charge in [0, 0.05) is 10.8 Å². The van der Waals surface area contributed by atoms with Crippen LogP contribution >= 0.6 is 0 Å². The molecule has 0 saturated heterocycles. The number of rotatable bonds is 6. The smallest absolute Gasteiger partial charge is 0.261 e. The maximum Gasteiger partial charge on any atom is 0.261 e. The molecule has 0 atom stereocenters. The zero-order valence-electron chi connectivity index (χ0n) is 15.7. The van der Waals surface area contributed by atoms with Crippen LogP contribution in [0, 0.1) is 0 Å². The van der Waals surface area contributed by atoms with Crippen molar-refractivity contribution in [1.82, 2.24) is 0 Å². The monoisotopic (exact) mass is 438 g/mol. The van der Waals surface area contributed by atoms with Crippen molar-refractivity contribution in [1.29, 1.82) is 0 Å². The van der Waals surface area contributed by atoms with Crippen molar-refractivity contribution >= 4 is 42.2 Å². The Kier molecular flexibility index (Phi) is 5.19. The van der Waals surface area contributed by atoms with Crippen molar-refractivity contribution in [3.63, 3.8) is 0 Å². The topological polar surface area (TPSA) is 92.3 Å². The van der Waals surface area contributed by atoms with Gasteiger partial charge in [-0.2, -0.15) is 0 Å². The van der Waals surface area contributed by atoms with Gasteiger partial charge < -0.3 is 0 Å². The molecule has 152 valence electrons. The van der Waals surface area contributed by atoms with Gasteiger partial charge in [0.1, 0.15) is 0 Å². The van der Waals surface area contributed by atoms with Crippen molar-refractivity contribution < 1.29 is 16.8 Å². The highest BCUT2D eigenvalue weighted by molar-refractivity contribution is 7.93. The van der Waals surface area contributed by atoms with E-state index in [1.54, 1.807) is 72.8 Å². The van der Waals surface area contributed by atoms with E-state index in [-0.39, 0.29) is 9.79 Å². The maximum absolute atomic E-state index is 12.7. The molecule has 4 aromatic carbocycles. The van der Waals surface area contributed by atoms with Gasteiger partial charge in [-0.25, -0.2) is 16.8 Å². The summed E-state index contributed by atoms with van der Waals surface area (Å²) < 4.78 is 56.1. The zero-order valence-corrected chi connectivity index (χ0v) is 17.3. The van der Waals surface area contributed by atoms with Crippen molar-refractivity contribution in [2.75, 3.05) is 9.44 Å². The average molecular weight is 439 g/mol. The molecule has 0 aliphatic heterocycles. The first-order valence-corrected chi connectivity index (χ1v) is 12.0. The summed E-state index contributed by atoms with van der Waals surface area (Å²) in [6, 6.07) is 26.2. The lowest BCUT2D eigenvalue weighted by atomic mass is 10.1. The number of anilines is 2. The van der Waals surface area contributed by atoms with E-state index in [0.717, 1.165) is 0 Å². The Morgan fingerprint density at radius 1 is 0.433 bits per heavy atom. The van der Waals surface area contributed by atoms with Crippen LogP contribution in [-0.4, -0.2) is 16.8 Å². The lowest BCUT2D eigenvalue weighted by molar-refractivity contribution is 0.599. The second-order valence-corrected chi connectivity index (χ2v) is 9.91. The van der Waals surface area contributed by atoms with Gasteiger partial charge >= 0.3 is 0 Å². The molecular weight excluding hydrogens is 420 g/mol. The molecule has 6 nitrogen and oxygen atoms in total. The van der Waals surface area contributed by atoms with Gasteiger partial charge in [-0.3, -0.25) is 9.44 Å². The summed E-state index contributed by atoms with van der Waals surface area (Å²) in [5.74, 6) is 0. The molecule has 0 amide bonds. The number of hydrogen-bond acceptors (Lipinski definition) is 4. The summed E-state index contributed by atoms with van der Waals surface area (Å²) in [6.45, 7) is 0. The molecule has 0 fully saturated rings. The van der Waals surface area contributed by atoms with Gasteiger partial charge in [-0.15, -0.1) is 0 Å². The number of sulfonamides is 2. The molecule has 0 saturated carbocycles. The molecule has 4 aromatic rings. The van der Waals surface area contributed by atoms with Gasteiger partial charge in [0.2, 0.25) is 0 Å². The summed E-state index contributed by atoms with van der Waals surface area (Å²) in [5.41, 5.74) is 0.717. The summed E-state index contributed by atoms with van der Waals surface area (Å²) in [5, 5.41) is 1.15. The quantitative estimate of drug-likeness (QED) is 0.465. The molecule has 30 heavy (non-hydrogen) atoms. The van der Waals surface area contributed by atoms with E-state index >= 15 is 0 Å². The Hall–Kier alpha value is -3.36. The van der Waals surface area contributed by atoms with E-state index in [0.29, 0.717) is 22.1 Å². The Balaban J connectivity index is 1.74. The molecule has 0 heterocycles. The van der Waals surface area contributed by atoms with E-state index in [1.807, 2.05) is 0 Å². The third-order valence-electron chi connectivity index (χ3n) is 4.52. The molecule has 0 radical (unpaired) electrons. The summed E-state index contributed by atoms with van der Waals surface area (Å²) >= 11 is 0. The predicted octanol–water partition coefficient (Wildman–Crippen LogP) is 4.44. The van der Waals surface area contributed by atoms with Crippen molar-refractivity contribution in [3.8, 4) is 0 Å². The molecule has 0 unspecified atom stereocenters. The number of benzene rings is 4. The highest BCUT2D eigenvalue weighted by atomic mass is 32.2. The Morgan fingerprint density at radius 2 is 0.767 bits per heavy atom. The molecule has 0 spiro atoms. The fourth-order valence-corrected chi connectivity index (χ4v) is 5.29. The van der Waals surface area contributed by atoms with Crippen molar-refractivity contribution in [3.05, 3.63) is 97.1 Å². The Morgan fingerprint density at radius 3 is 1.13 bits per heavy atom. The number of fused-ring (bicyclic) bond motifs is 1. The van der Waals surface area contributed by atoms with E-state index in [9.17, 15) is 16.8 Å². The SMILES string of the molecule is O=S(=O)(Nc1ccc(NS(=O)(=O)c2ccccc2)c2ccccc12)c1ccccc1. The molecule has 2 N–H and O–H groups in total. The third kappa shape index (κ3) is 4.00. The lowest BCUT2D eigenvalue weighted by Crippen LogP contribution is -2.15.